The average molecular weight is 317 g/mol. The van der Waals surface area contributed by atoms with E-state index in [2.05, 4.69) is 5.32 Å². The monoisotopic (exact) mass is 317 g/mol. The summed E-state index contributed by atoms with van der Waals surface area (Å²) in [7, 11) is 1.59. The summed E-state index contributed by atoms with van der Waals surface area (Å²) in [6.07, 6.45) is 4.39. The van der Waals surface area contributed by atoms with Crippen LogP contribution >= 0.6 is 0 Å². The number of amides is 2. The highest BCUT2D eigenvalue weighted by Gasteiger charge is 2.17. The number of carbonyl (C=O) groups is 2. The number of imide groups is 1. The van der Waals surface area contributed by atoms with Crippen molar-refractivity contribution in [1.29, 1.82) is 0 Å². The van der Waals surface area contributed by atoms with Gasteiger partial charge in [0, 0.05) is 25.3 Å². The van der Waals surface area contributed by atoms with Gasteiger partial charge in [-0.15, -0.1) is 0 Å². The predicted octanol–water partition coefficient (Wildman–Crippen LogP) is 1.98. The highest BCUT2D eigenvalue weighted by Crippen LogP contribution is 2.18. The lowest BCUT2D eigenvalue weighted by Crippen LogP contribution is -2.36. The summed E-state index contributed by atoms with van der Waals surface area (Å²) in [6.45, 7) is 3.12. The number of hydrogen-bond donors (Lipinski definition) is 1. The van der Waals surface area contributed by atoms with Crippen LogP contribution in [0.15, 0.2) is 30.3 Å². The minimum atomic E-state index is -0.546. The number of rotatable bonds is 8. The van der Waals surface area contributed by atoms with Gasteiger partial charge in [0.25, 0.3) is 5.91 Å². The molecular formula is C17H21N2O4. The maximum absolute atomic E-state index is 12.1. The summed E-state index contributed by atoms with van der Waals surface area (Å²) in [5.41, 5.74) is 1.56. The Morgan fingerprint density at radius 3 is 2.70 bits per heavy atom. The zero-order chi connectivity index (χ0) is 17.2. The second kappa shape index (κ2) is 9.53. The van der Waals surface area contributed by atoms with Crippen molar-refractivity contribution in [3.8, 4) is 0 Å². The molecule has 1 unspecified atom stereocenters. The fourth-order valence-electron chi connectivity index (χ4n) is 1.85. The van der Waals surface area contributed by atoms with Crippen molar-refractivity contribution < 1.29 is 19.1 Å². The predicted molar refractivity (Wildman–Crippen MR) is 88.3 cm³/mol. The smallest absolute Gasteiger partial charge is 0.253 e. The lowest BCUT2D eigenvalue weighted by Gasteiger charge is -2.16. The first-order valence-corrected chi connectivity index (χ1v) is 7.29. The summed E-state index contributed by atoms with van der Waals surface area (Å²) in [5.74, 6) is -0.961. The summed E-state index contributed by atoms with van der Waals surface area (Å²) >= 11 is 0. The summed E-state index contributed by atoms with van der Waals surface area (Å²) in [5, 5.41) is 3.14. The van der Waals surface area contributed by atoms with Gasteiger partial charge in [0.2, 0.25) is 12.2 Å². The van der Waals surface area contributed by atoms with Crippen LogP contribution in [0.2, 0.25) is 0 Å². The molecule has 23 heavy (non-hydrogen) atoms. The van der Waals surface area contributed by atoms with E-state index in [1.165, 1.54) is 6.08 Å². The molecule has 0 spiro atoms. The zero-order valence-corrected chi connectivity index (χ0v) is 13.5. The van der Waals surface area contributed by atoms with Crippen LogP contribution in [0, 0.1) is 0 Å². The van der Waals surface area contributed by atoms with Crippen LogP contribution in [0.25, 0.3) is 6.08 Å². The minimum absolute atomic E-state index is 0.144. The highest BCUT2D eigenvalue weighted by atomic mass is 16.5. The van der Waals surface area contributed by atoms with Gasteiger partial charge >= 0.3 is 0 Å². The first kappa shape index (κ1) is 18.6. The molecule has 1 radical (unpaired) electrons. The van der Waals surface area contributed by atoms with Gasteiger partial charge in [-0.1, -0.05) is 25.1 Å². The van der Waals surface area contributed by atoms with E-state index >= 15 is 0 Å². The number of benzene rings is 1. The molecule has 1 rings (SSSR count). The average Bonchev–Trinajstić information content (AvgIpc) is 2.57. The molecule has 1 aromatic carbocycles. The van der Waals surface area contributed by atoms with Gasteiger partial charge in [0.1, 0.15) is 6.23 Å². The van der Waals surface area contributed by atoms with Crippen molar-refractivity contribution in [2.75, 3.05) is 19.0 Å². The van der Waals surface area contributed by atoms with Crippen molar-refractivity contribution in [1.82, 2.24) is 4.90 Å². The molecule has 0 heterocycles. The van der Waals surface area contributed by atoms with E-state index in [0.29, 0.717) is 0 Å². The molecule has 6 nitrogen and oxygen atoms in total. The normalized spacial score (nSPS) is 12.0. The van der Waals surface area contributed by atoms with E-state index < -0.39 is 11.8 Å². The minimum Gasteiger partial charge on any atom is -0.362 e. The molecule has 123 valence electrons. The third-order valence-electron chi connectivity index (χ3n) is 3.17. The van der Waals surface area contributed by atoms with E-state index in [1.54, 1.807) is 26.4 Å². The summed E-state index contributed by atoms with van der Waals surface area (Å²) in [6, 6.07) is 7.37. The molecule has 0 bridgehead atoms. The van der Waals surface area contributed by atoms with Crippen molar-refractivity contribution in [2.45, 2.75) is 26.5 Å². The maximum atomic E-state index is 12.1. The van der Waals surface area contributed by atoms with Crippen LogP contribution < -0.4 is 5.32 Å². The highest BCUT2D eigenvalue weighted by molar-refractivity contribution is 6.04. The Hall–Kier alpha value is -2.47. The first-order valence-electron chi connectivity index (χ1n) is 7.29. The van der Waals surface area contributed by atoms with E-state index in [4.69, 9.17) is 4.74 Å². The Labute approximate surface area is 136 Å². The molecule has 6 heteroatoms. The molecule has 0 aliphatic rings. The number of anilines is 1. The fraction of sp³-hybridized carbons (Fsp3) is 0.353. The zero-order valence-electron chi connectivity index (χ0n) is 13.5. The van der Waals surface area contributed by atoms with Gasteiger partial charge in [0.15, 0.2) is 0 Å². The molecular weight excluding hydrogens is 296 g/mol. The lowest BCUT2D eigenvalue weighted by molar-refractivity contribution is -0.140. The molecule has 1 aromatic rings. The number of ether oxygens (including phenoxy) is 1. The second-order valence-electron chi connectivity index (χ2n) is 4.76. The number of carbonyl (C=O) groups excluding carboxylic acids is 3. The van der Waals surface area contributed by atoms with Crippen LogP contribution in [0.4, 0.5) is 5.69 Å². The first-order chi connectivity index (χ1) is 11.0. The van der Waals surface area contributed by atoms with Crippen LogP contribution in [0.5, 0.6) is 0 Å². The van der Waals surface area contributed by atoms with Gasteiger partial charge in [-0.3, -0.25) is 19.3 Å². The fourth-order valence-corrected chi connectivity index (χ4v) is 1.85. The van der Waals surface area contributed by atoms with Crippen molar-refractivity contribution >= 4 is 29.9 Å². The molecule has 1 N–H and O–H groups in total. The molecule has 0 saturated heterocycles. The molecule has 0 saturated carbocycles. The number of nitrogens with one attached hydrogen (secondary N) is 1. The van der Waals surface area contributed by atoms with E-state index in [0.717, 1.165) is 16.2 Å². The third-order valence-corrected chi connectivity index (χ3v) is 3.17. The van der Waals surface area contributed by atoms with Crippen LogP contribution in [-0.2, 0) is 19.1 Å². The van der Waals surface area contributed by atoms with Gasteiger partial charge in [-0.2, -0.15) is 0 Å². The largest absolute Gasteiger partial charge is 0.362 e. The molecule has 1 atom stereocenters. The van der Waals surface area contributed by atoms with Crippen LogP contribution in [0.1, 0.15) is 25.8 Å². The van der Waals surface area contributed by atoms with E-state index in [9.17, 15) is 14.4 Å². The van der Waals surface area contributed by atoms with Crippen molar-refractivity contribution in [3.05, 3.63) is 35.9 Å². The van der Waals surface area contributed by atoms with E-state index in [-0.39, 0.29) is 19.2 Å². The number of nitrogens with zero attached hydrogens (tertiary/aromatic N) is 1. The van der Waals surface area contributed by atoms with Crippen molar-refractivity contribution in [3.63, 3.8) is 0 Å². The second-order valence-corrected chi connectivity index (χ2v) is 4.76. The Morgan fingerprint density at radius 1 is 1.39 bits per heavy atom. The molecule has 0 aliphatic carbocycles. The Morgan fingerprint density at radius 2 is 2.09 bits per heavy atom. The van der Waals surface area contributed by atoms with E-state index in [1.807, 2.05) is 31.2 Å². The van der Waals surface area contributed by atoms with Gasteiger partial charge in [-0.05, 0) is 24.6 Å². The van der Waals surface area contributed by atoms with Crippen molar-refractivity contribution in [2.24, 2.45) is 0 Å². The van der Waals surface area contributed by atoms with Gasteiger partial charge in [0.05, 0.1) is 6.54 Å². The Balaban J connectivity index is 2.93. The topological polar surface area (TPSA) is 75.7 Å². The molecule has 0 aromatic heterocycles. The Bertz CT molecular complexity index is 584. The maximum Gasteiger partial charge on any atom is 0.253 e. The summed E-state index contributed by atoms with van der Waals surface area (Å²) < 4.78 is 5.15. The third kappa shape index (κ3) is 5.67. The summed E-state index contributed by atoms with van der Waals surface area (Å²) in [4.78, 5) is 35.1. The quantitative estimate of drug-likeness (QED) is 0.586. The SMILES string of the molecule is CCC(=O)N(C[C]=O)C(=O)/C=C/c1ccccc1NC(C)OC. The van der Waals surface area contributed by atoms with Gasteiger partial charge < -0.3 is 10.1 Å². The standard InChI is InChI=1S/C17H21N2O4/c1-4-16(21)19(11-12-20)17(22)10-9-14-7-5-6-8-15(14)18-13(2)23-3/h5-10,13,18H,4,11H2,1-3H3/b10-9+. The number of hydrogen-bond acceptors (Lipinski definition) is 5. The molecule has 0 fully saturated rings. The van der Waals surface area contributed by atoms with Crippen LogP contribution in [0.3, 0.4) is 0 Å². The molecule has 0 aliphatic heterocycles. The van der Waals surface area contributed by atoms with Gasteiger partial charge in [-0.25, -0.2) is 0 Å². The number of methoxy groups -OCH3 is 1. The number of para-hydroxylation sites is 1. The lowest BCUT2D eigenvalue weighted by atomic mass is 10.1. The van der Waals surface area contributed by atoms with Crippen LogP contribution in [-0.4, -0.2) is 42.9 Å². The molecule has 2 amide bonds. The Kier molecular flexibility index (Phi) is 7.70.